The zero-order valence-corrected chi connectivity index (χ0v) is 12.0. The van der Waals surface area contributed by atoms with Crippen molar-refractivity contribution in [3.05, 3.63) is 30.1 Å². The van der Waals surface area contributed by atoms with Crippen molar-refractivity contribution in [1.29, 1.82) is 0 Å². The number of aliphatic hydroxyl groups excluding tert-OH is 1. The fourth-order valence-corrected chi connectivity index (χ4v) is 3.64. The maximum atomic E-state index is 12.5. The number of pyridine rings is 1. The second-order valence-electron chi connectivity index (χ2n) is 4.78. The van der Waals surface area contributed by atoms with Gasteiger partial charge in [-0.15, -0.1) is 0 Å². The number of piperidine rings is 1. The second kappa shape index (κ2) is 6.33. The van der Waals surface area contributed by atoms with Gasteiger partial charge in [0, 0.05) is 31.6 Å². The van der Waals surface area contributed by atoms with E-state index in [1.54, 1.807) is 0 Å². The zero-order chi connectivity index (χ0) is 15.5. The lowest BCUT2D eigenvalue weighted by molar-refractivity contribution is -0.131. The molecule has 0 amide bonds. The highest BCUT2D eigenvalue weighted by atomic mass is 32.2. The second-order valence-corrected chi connectivity index (χ2v) is 6.72. The van der Waals surface area contributed by atoms with Crippen LogP contribution >= 0.6 is 0 Å². The molecule has 0 radical (unpaired) electrons. The predicted octanol–water partition coefficient (Wildman–Crippen LogP) is 0.325. The first-order chi connectivity index (χ1) is 9.89. The van der Waals surface area contributed by atoms with Crippen LogP contribution in [-0.4, -0.2) is 53.1 Å². The number of β-amino-alcohol motifs (C(OH)–C–C–N with tert-alkyl or cyclic N) is 1. The van der Waals surface area contributed by atoms with Crippen LogP contribution in [-0.2, 0) is 14.8 Å². The van der Waals surface area contributed by atoms with Crippen molar-refractivity contribution < 1.29 is 23.4 Å². The highest BCUT2D eigenvalue weighted by Gasteiger charge is 2.29. The van der Waals surface area contributed by atoms with Crippen molar-refractivity contribution in [3.8, 4) is 0 Å². The van der Waals surface area contributed by atoms with Crippen molar-refractivity contribution in [1.82, 2.24) is 9.29 Å². The molecule has 1 aromatic heterocycles. The molecule has 2 heterocycles. The first-order valence-corrected chi connectivity index (χ1v) is 7.88. The predicted molar refractivity (Wildman–Crippen MR) is 74.9 cm³/mol. The van der Waals surface area contributed by atoms with Crippen molar-refractivity contribution >= 4 is 22.1 Å². The van der Waals surface area contributed by atoms with Crippen LogP contribution in [0.4, 0.5) is 0 Å². The first-order valence-electron chi connectivity index (χ1n) is 6.44. The Hall–Kier alpha value is -1.77. The van der Waals surface area contributed by atoms with Gasteiger partial charge in [0.1, 0.15) is 4.90 Å². The van der Waals surface area contributed by atoms with Crippen LogP contribution in [0.25, 0.3) is 6.08 Å². The molecule has 2 rings (SSSR count). The summed E-state index contributed by atoms with van der Waals surface area (Å²) in [5.41, 5.74) is 0.385. The Morgan fingerprint density at radius 3 is 2.86 bits per heavy atom. The summed E-state index contributed by atoms with van der Waals surface area (Å²) < 4.78 is 26.1. The smallest absolute Gasteiger partial charge is 0.328 e. The molecule has 8 heteroatoms. The topological polar surface area (TPSA) is 108 Å². The number of nitrogens with zero attached hydrogens (tertiary/aromatic N) is 2. The van der Waals surface area contributed by atoms with Gasteiger partial charge in [0.15, 0.2) is 0 Å². The van der Waals surface area contributed by atoms with E-state index < -0.39 is 22.1 Å². The molecule has 1 fully saturated rings. The van der Waals surface area contributed by atoms with E-state index in [1.165, 1.54) is 28.8 Å². The quantitative estimate of drug-likeness (QED) is 0.775. The Kier molecular flexibility index (Phi) is 4.71. The van der Waals surface area contributed by atoms with E-state index in [0.717, 1.165) is 6.08 Å². The maximum absolute atomic E-state index is 12.5. The third-order valence-electron chi connectivity index (χ3n) is 3.15. The summed E-state index contributed by atoms with van der Waals surface area (Å²) >= 11 is 0. The number of hydrogen-bond acceptors (Lipinski definition) is 5. The van der Waals surface area contributed by atoms with Crippen LogP contribution in [0.2, 0.25) is 0 Å². The van der Waals surface area contributed by atoms with Crippen LogP contribution in [0.15, 0.2) is 29.4 Å². The monoisotopic (exact) mass is 312 g/mol. The Morgan fingerprint density at radius 1 is 1.43 bits per heavy atom. The lowest BCUT2D eigenvalue weighted by atomic mass is 10.1. The van der Waals surface area contributed by atoms with Crippen molar-refractivity contribution in [2.75, 3.05) is 13.1 Å². The molecule has 21 heavy (non-hydrogen) atoms. The number of hydrogen-bond donors (Lipinski definition) is 2. The summed E-state index contributed by atoms with van der Waals surface area (Å²) in [5, 5.41) is 18.2. The largest absolute Gasteiger partial charge is 0.478 e. The minimum atomic E-state index is -3.73. The highest BCUT2D eigenvalue weighted by Crippen LogP contribution is 2.21. The molecule has 1 aromatic rings. The van der Waals surface area contributed by atoms with Gasteiger partial charge in [-0.1, -0.05) is 0 Å². The van der Waals surface area contributed by atoms with Gasteiger partial charge in [0.05, 0.1) is 6.10 Å². The summed E-state index contributed by atoms with van der Waals surface area (Å²) in [6.45, 7) is 0.423. The molecular weight excluding hydrogens is 296 g/mol. The lowest BCUT2D eigenvalue weighted by Gasteiger charge is -2.29. The van der Waals surface area contributed by atoms with E-state index >= 15 is 0 Å². The molecule has 1 atom stereocenters. The SMILES string of the molecule is O=C(O)C=Cc1cncc(S(=O)(=O)N2CCCC(O)C2)c1. The van der Waals surface area contributed by atoms with E-state index in [-0.39, 0.29) is 11.4 Å². The number of aliphatic hydroxyl groups is 1. The molecule has 0 bridgehead atoms. The average Bonchev–Trinajstić information content (AvgIpc) is 2.45. The molecule has 114 valence electrons. The molecule has 7 nitrogen and oxygen atoms in total. The van der Waals surface area contributed by atoms with E-state index in [4.69, 9.17) is 5.11 Å². The number of aliphatic carboxylic acids is 1. The summed E-state index contributed by atoms with van der Waals surface area (Å²) in [7, 11) is -3.73. The average molecular weight is 312 g/mol. The molecule has 1 aliphatic heterocycles. The molecule has 0 saturated carbocycles. The summed E-state index contributed by atoms with van der Waals surface area (Å²) in [5.74, 6) is -1.12. The number of carboxylic acids is 1. The number of aromatic nitrogens is 1. The third-order valence-corrected chi connectivity index (χ3v) is 4.98. The van der Waals surface area contributed by atoms with Gasteiger partial charge in [0.2, 0.25) is 10.0 Å². The molecule has 0 aromatic carbocycles. The minimum Gasteiger partial charge on any atom is -0.478 e. The van der Waals surface area contributed by atoms with Crippen molar-refractivity contribution in [3.63, 3.8) is 0 Å². The zero-order valence-electron chi connectivity index (χ0n) is 11.2. The Bertz CT molecular complexity index is 656. The first kappa shape index (κ1) is 15.6. The standard InChI is InChI=1S/C13H16N2O5S/c16-11-2-1-5-15(9-11)21(19,20)12-6-10(7-14-8-12)3-4-13(17)18/h3-4,6-8,11,16H,1-2,5,9H2,(H,17,18). The number of rotatable bonds is 4. The van der Waals surface area contributed by atoms with Gasteiger partial charge >= 0.3 is 5.97 Å². The van der Waals surface area contributed by atoms with Crippen LogP contribution in [0.5, 0.6) is 0 Å². The van der Waals surface area contributed by atoms with Crippen LogP contribution in [0.1, 0.15) is 18.4 Å². The number of carboxylic acid groups (broad SMARTS) is 1. The van der Waals surface area contributed by atoms with Crippen LogP contribution in [0.3, 0.4) is 0 Å². The summed E-state index contributed by atoms with van der Waals surface area (Å²) in [4.78, 5) is 14.3. The molecule has 0 spiro atoms. The minimum absolute atomic E-state index is 0.0101. The fourth-order valence-electron chi connectivity index (χ4n) is 2.12. The van der Waals surface area contributed by atoms with Gasteiger partial charge in [0.25, 0.3) is 0 Å². The van der Waals surface area contributed by atoms with Crippen molar-refractivity contribution in [2.24, 2.45) is 0 Å². The lowest BCUT2D eigenvalue weighted by Crippen LogP contribution is -2.42. The molecule has 0 aliphatic carbocycles. The summed E-state index contributed by atoms with van der Waals surface area (Å²) in [6.07, 6.45) is 5.32. The molecule has 1 aliphatic rings. The molecule has 1 unspecified atom stereocenters. The Balaban J connectivity index is 2.27. The molecule has 1 saturated heterocycles. The van der Waals surface area contributed by atoms with E-state index in [2.05, 4.69) is 4.98 Å². The Labute approximate surface area is 122 Å². The third kappa shape index (κ3) is 3.87. The molecule has 2 N–H and O–H groups in total. The number of sulfonamides is 1. The van der Waals surface area contributed by atoms with Gasteiger partial charge in [-0.2, -0.15) is 4.31 Å². The fraction of sp³-hybridized carbons (Fsp3) is 0.385. The van der Waals surface area contributed by atoms with Gasteiger partial charge in [-0.05, 0) is 30.5 Å². The Morgan fingerprint density at radius 2 is 2.19 bits per heavy atom. The van der Waals surface area contributed by atoms with E-state index in [1.807, 2.05) is 0 Å². The van der Waals surface area contributed by atoms with Crippen LogP contribution in [0, 0.1) is 0 Å². The highest BCUT2D eigenvalue weighted by molar-refractivity contribution is 7.89. The van der Waals surface area contributed by atoms with E-state index in [0.29, 0.717) is 24.9 Å². The van der Waals surface area contributed by atoms with Crippen molar-refractivity contribution in [2.45, 2.75) is 23.8 Å². The maximum Gasteiger partial charge on any atom is 0.328 e. The van der Waals surface area contributed by atoms with Gasteiger partial charge < -0.3 is 10.2 Å². The van der Waals surface area contributed by atoms with Gasteiger partial charge in [-0.25, -0.2) is 13.2 Å². The summed E-state index contributed by atoms with van der Waals surface area (Å²) in [6, 6.07) is 1.36. The molecular formula is C13H16N2O5S. The van der Waals surface area contributed by atoms with E-state index in [9.17, 15) is 18.3 Å². The number of carbonyl (C=O) groups is 1. The van der Waals surface area contributed by atoms with Gasteiger partial charge in [-0.3, -0.25) is 4.98 Å². The normalized spacial score (nSPS) is 20.7. The van der Waals surface area contributed by atoms with Crippen LogP contribution < -0.4 is 0 Å².